The SMILES string of the molecule is CCNC(=NCc1cc(C)oc1C)NC(C)COC. The fourth-order valence-corrected chi connectivity index (χ4v) is 1.85. The normalized spacial score (nSPS) is 13.4. The second-order valence-corrected chi connectivity index (χ2v) is 4.63. The first kappa shape index (κ1) is 15.6. The van der Waals surface area contributed by atoms with Crippen molar-refractivity contribution in [3.8, 4) is 0 Å². The smallest absolute Gasteiger partial charge is 0.191 e. The highest BCUT2D eigenvalue weighted by molar-refractivity contribution is 5.80. The fourth-order valence-electron chi connectivity index (χ4n) is 1.85. The summed E-state index contributed by atoms with van der Waals surface area (Å²) in [6, 6.07) is 2.25. The number of furan rings is 1. The highest BCUT2D eigenvalue weighted by atomic mass is 16.5. The minimum atomic E-state index is 0.218. The molecule has 0 aromatic carbocycles. The zero-order valence-electron chi connectivity index (χ0n) is 12.5. The van der Waals surface area contributed by atoms with E-state index in [0.29, 0.717) is 13.2 Å². The van der Waals surface area contributed by atoms with Gasteiger partial charge in [0.2, 0.25) is 0 Å². The molecule has 0 aliphatic carbocycles. The zero-order valence-corrected chi connectivity index (χ0v) is 12.5. The molecule has 0 aliphatic heterocycles. The third-order valence-electron chi connectivity index (χ3n) is 2.70. The molecule has 2 N–H and O–H groups in total. The van der Waals surface area contributed by atoms with Crippen molar-refractivity contribution in [3.63, 3.8) is 0 Å². The van der Waals surface area contributed by atoms with E-state index in [0.717, 1.165) is 29.6 Å². The molecule has 1 unspecified atom stereocenters. The fraction of sp³-hybridized carbons (Fsp3) is 0.643. The van der Waals surface area contributed by atoms with Crippen molar-refractivity contribution in [2.24, 2.45) is 4.99 Å². The van der Waals surface area contributed by atoms with Gasteiger partial charge in [-0.1, -0.05) is 0 Å². The molecule has 5 nitrogen and oxygen atoms in total. The van der Waals surface area contributed by atoms with Gasteiger partial charge in [0.05, 0.1) is 13.2 Å². The molecule has 108 valence electrons. The molecule has 0 radical (unpaired) electrons. The molecule has 5 heteroatoms. The second kappa shape index (κ2) is 7.84. The van der Waals surface area contributed by atoms with E-state index in [1.807, 2.05) is 26.8 Å². The summed E-state index contributed by atoms with van der Waals surface area (Å²) in [7, 11) is 1.69. The molecule has 0 aliphatic rings. The third-order valence-corrected chi connectivity index (χ3v) is 2.70. The minimum Gasteiger partial charge on any atom is -0.466 e. The Morgan fingerprint density at radius 2 is 2.21 bits per heavy atom. The molecule has 0 saturated carbocycles. The number of aliphatic imine (C=N–C) groups is 1. The molecule has 0 amide bonds. The van der Waals surface area contributed by atoms with Gasteiger partial charge in [0, 0.05) is 25.3 Å². The quantitative estimate of drug-likeness (QED) is 0.611. The molecular formula is C14H25N3O2. The summed E-state index contributed by atoms with van der Waals surface area (Å²) in [6.07, 6.45) is 0. The predicted molar refractivity (Wildman–Crippen MR) is 77.5 cm³/mol. The van der Waals surface area contributed by atoms with Gasteiger partial charge >= 0.3 is 0 Å². The Labute approximate surface area is 115 Å². The van der Waals surface area contributed by atoms with Gasteiger partial charge in [0.25, 0.3) is 0 Å². The van der Waals surface area contributed by atoms with Gasteiger partial charge in [-0.3, -0.25) is 0 Å². The van der Waals surface area contributed by atoms with Crippen molar-refractivity contribution in [1.29, 1.82) is 0 Å². The van der Waals surface area contributed by atoms with Gasteiger partial charge in [-0.25, -0.2) is 4.99 Å². The number of guanidine groups is 1. The van der Waals surface area contributed by atoms with Crippen molar-refractivity contribution in [3.05, 3.63) is 23.2 Å². The average Bonchev–Trinajstić information content (AvgIpc) is 2.65. The number of nitrogens with one attached hydrogen (secondary N) is 2. The zero-order chi connectivity index (χ0) is 14.3. The van der Waals surface area contributed by atoms with Gasteiger partial charge in [0.1, 0.15) is 11.5 Å². The van der Waals surface area contributed by atoms with Crippen LogP contribution < -0.4 is 10.6 Å². The van der Waals surface area contributed by atoms with E-state index in [4.69, 9.17) is 9.15 Å². The summed E-state index contributed by atoms with van der Waals surface area (Å²) in [5.74, 6) is 2.65. The van der Waals surface area contributed by atoms with Crippen molar-refractivity contribution < 1.29 is 9.15 Å². The number of hydrogen-bond donors (Lipinski definition) is 2. The molecule has 1 rings (SSSR count). The standard InChI is InChI=1S/C14H25N3O2/c1-6-15-14(17-10(2)9-18-5)16-8-13-7-11(3)19-12(13)4/h7,10H,6,8-9H2,1-5H3,(H2,15,16,17). The molecule has 0 saturated heterocycles. The van der Waals surface area contributed by atoms with Gasteiger partial charge in [-0.2, -0.15) is 0 Å². The molecule has 1 aromatic heterocycles. The molecule has 0 spiro atoms. The van der Waals surface area contributed by atoms with Crippen LogP contribution in [0.2, 0.25) is 0 Å². The topological polar surface area (TPSA) is 58.8 Å². The number of ether oxygens (including phenoxy) is 1. The lowest BCUT2D eigenvalue weighted by Gasteiger charge is -2.16. The maximum Gasteiger partial charge on any atom is 0.191 e. The number of methoxy groups -OCH3 is 1. The van der Waals surface area contributed by atoms with Gasteiger partial charge in [-0.15, -0.1) is 0 Å². The van der Waals surface area contributed by atoms with Gasteiger partial charge in [-0.05, 0) is 33.8 Å². The molecule has 0 bridgehead atoms. The van der Waals surface area contributed by atoms with Crippen LogP contribution in [0.15, 0.2) is 15.5 Å². The Bertz CT molecular complexity index is 413. The van der Waals surface area contributed by atoms with Crippen LogP contribution in [0.25, 0.3) is 0 Å². The summed E-state index contributed by atoms with van der Waals surface area (Å²) in [4.78, 5) is 4.56. The lowest BCUT2D eigenvalue weighted by Crippen LogP contribution is -2.43. The van der Waals surface area contributed by atoms with Crippen LogP contribution in [0.1, 0.15) is 30.9 Å². The van der Waals surface area contributed by atoms with Crippen LogP contribution in [0, 0.1) is 13.8 Å². The van der Waals surface area contributed by atoms with Crippen LogP contribution in [-0.2, 0) is 11.3 Å². The van der Waals surface area contributed by atoms with Crippen molar-refractivity contribution in [1.82, 2.24) is 10.6 Å². The Morgan fingerprint density at radius 1 is 1.47 bits per heavy atom. The third kappa shape index (κ3) is 5.34. The Hall–Kier alpha value is -1.49. The molecular weight excluding hydrogens is 242 g/mol. The van der Waals surface area contributed by atoms with E-state index < -0.39 is 0 Å². The first-order valence-corrected chi connectivity index (χ1v) is 6.66. The Morgan fingerprint density at radius 3 is 2.74 bits per heavy atom. The van der Waals surface area contributed by atoms with E-state index in [9.17, 15) is 0 Å². The summed E-state index contributed by atoms with van der Waals surface area (Å²) in [5.41, 5.74) is 1.12. The van der Waals surface area contributed by atoms with Gasteiger partial charge < -0.3 is 19.8 Å². The van der Waals surface area contributed by atoms with Crippen LogP contribution in [-0.4, -0.2) is 32.3 Å². The van der Waals surface area contributed by atoms with Crippen molar-refractivity contribution in [2.75, 3.05) is 20.3 Å². The van der Waals surface area contributed by atoms with Crippen LogP contribution >= 0.6 is 0 Å². The number of rotatable bonds is 6. The van der Waals surface area contributed by atoms with Crippen LogP contribution in [0.5, 0.6) is 0 Å². The summed E-state index contributed by atoms with van der Waals surface area (Å²) < 4.78 is 10.6. The number of aryl methyl sites for hydroxylation is 2. The largest absolute Gasteiger partial charge is 0.466 e. The van der Waals surface area contributed by atoms with E-state index >= 15 is 0 Å². The molecule has 1 aromatic rings. The van der Waals surface area contributed by atoms with E-state index in [2.05, 4.69) is 22.5 Å². The first-order chi connectivity index (χ1) is 9.06. The molecule has 19 heavy (non-hydrogen) atoms. The average molecular weight is 267 g/mol. The summed E-state index contributed by atoms with van der Waals surface area (Å²) in [6.45, 7) is 10.1. The first-order valence-electron chi connectivity index (χ1n) is 6.66. The maximum atomic E-state index is 5.50. The van der Waals surface area contributed by atoms with E-state index in [-0.39, 0.29) is 6.04 Å². The van der Waals surface area contributed by atoms with E-state index in [1.165, 1.54) is 0 Å². The minimum absolute atomic E-state index is 0.218. The highest BCUT2D eigenvalue weighted by Gasteiger charge is 2.06. The van der Waals surface area contributed by atoms with E-state index in [1.54, 1.807) is 7.11 Å². The second-order valence-electron chi connectivity index (χ2n) is 4.63. The highest BCUT2D eigenvalue weighted by Crippen LogP contribution is 2.14. The molecule has 1 atom stereocenters. The number of nitrogens with zero attached hydrogens (tertiary/aromatic N) is 1. The maximum absolute atomic E-state index is 5.50. The van der Waals surface area contributed by atoms with Gasteiger partial charge in [0.15, 0.2) is 5.96 Å². The summed E-state index contributed by atoms with van der Waals surface area (Å²) >= 11 is 0. The van der Waals surface area contributed by atoms with Crippen molar-refractivity contribution >= 4 is 5.96 Å². The molecule has 1 heterocycles. The number of hydrogen-bond acceptors (Lipinski definition) is 3. The Kier molecular flexibility index (Phi) is 6.42. The lowest BCUT2D eigenvalue weighted by molar-refractivity contribution is 0.179. The summed E-state index contributed by atoms with van der Waals surface area (Å²) in [5, 5.41) is 6.52. The van der Waals surface area contributed by atoms with Crippen LogP contribution in [0.4, 0.5) is 0 Å². The Balaban J connectivity index is 2.64. The lowest BCUT2D eigenvalue weighted by atomic mass is 10.2. The molecule has 0 fully saturated rings. The predicted octanol–water partition coefficient (Wildman–Crippen LogP) is 1.99. The van der Waals surface area contributed by atoms with Crippen molar-refractivity contribution in [2.45, 2.75) is 40.3 Å². The monoisotopic (exact) mass is 267 g/mol. The van der Waals surface area contributed by atoms with Crippen LogP contribution in [0.3, 0.4) is 0 Å².